The molecule has 0 spiro atoms. The molecule has 1 saturated heterocycles. The topological polar surface area (TPSA) is 92.3 Å². The van der Waals surface area contributed by atoms with E-state index >= 15 is 0 Å². The molecule has 1 aliphatic heterocycles. The molecule has 0 saturated carbocycles. The molecule has 28 heavy (non-hydrogen) atoms. The van der Waals surface area contributed by atoms with Crippen LogP contribution in [0.25, 0.3) is 10.9 Å². The zero-order valence-electron chi connectivity index (χ0n) is 15.4. The molecule has 0 radical (unpaired) electrons. The average Bonchev–Trinajstić information content (AvgIpc) is 3.07. The number of nitrogens with one attached hydrogen (secondary N) is 1. The highest BCUT2D eigenvalue weighted by Gasteiger charge is 2.31. The van der Waals surface area contributed by atoms with Gasteiger partial charge < -0.3 is 10.2 Å². The van der Waals surface area contributed by atoms with Crippen LogP contribution in [0.15, 0.2) is 54.9 Å². The first-order valence-corrected chi connectivity index (χ1v) is 10.8. The minimum Gasteiger partial charge on any atom is -0.356 e. The van der Waals surface area contributed by atoms with E-state index in [0.717, 1.165) is 10.9 Å². The Morgan fingerprint density at radius 3 is 2.75 bits per heavy atom. The van der Waals surface area contributed by atoms with Crippen molar-refractivity contribution in [3.05, 3.63) is 60.4 Å². The summed E-state index contributed by atoms with van der Waals surface area (Å²) in [5.74, 6) is 0.611. The molecule has 8 heteroatoms. The van der Waals surface area contributed by atoms with Crippen molar-refractivity contribution in [2.24, 2.45) is 0 Å². The number of hydrogen-bond acceptors (Lipinski definition) is 6. The molecule has 1 amide bonds. The maximum atomic E-state index is 12.8. The molecule has 3 aromatic rings. The number of amides is 1. The van der Waals surface area contributed by atoms with Gasteiger partial charge in [0.25, 0.3) is 5.91 Å². The Kier molecular flexibility index (Phi) is 4.72. The van der Waals surface area contributed by atoms with Gasteiger partial charge in [-0.25, -0.2) is 13.4 Å². The molecular formula is C20H20N4O3S. The lowest BCUT2D eigenvalue weighted by atomic mass is 10.1. The van der Waals surface area contributed by atoms with Gasteiger partial charge in [0.05, 0.1) is 22.7 Å². The SMILES string of the molecule is CN(c1cc(C(=O)Nc2cccc3cccnc23)ccn1)C1CCS(=O)(=O)C1. The summed E-state index contributed by atoms with van der Waals surface area (Å²) in [7, 11) is -1.18. The van der Waals surface area contributed by atoms with Gasteiger partial charge in [-0.05, 0) is 30.7 Å². The summed E-state index contributed by atoms with van der Waals surface area (Å²) < 4.78 is 23.5. The van der Waals surface area contributed by atoms with Crippen molar-refractivity contribution in [2.75, 3.05) is 28.8 Å². The summed E-state index contributed by atoms with van der Waals surface area (Å²) in [6.45, 7) is 0. The minimum absolute atomic E-state index is 0.114. The lowest BCUT2D eigenvalue weighted by Crippen LogP contribution is -2.33. The van der Waals surface area contributed by atoms with Crippen LogP contribution in [0.1, 0.15) is 16.8 Å². The number of pyridine rings is 2. The third-order valence-corrected chi connectivity index (χ3v) is 6.76. The van der Waals surface area contributed by atoms with E-state index in [1.54, 1.807) is 24.5 Å². The van der Waals surface area contributed by atoms with E-state index in [2.05, 4.69) is 15.3 Å². The number of carbonyl (C=O) groups excluding carboxylic acids is 1. The van der Waals surface area contributed by atoms with Crippen LogP contribution in [0.5, 0.6) is 0 Å². The van der Waals surface area contributed by atoms with Gasteiger partial charge in [-0.15, -0.1) is 0 Å². The molecule has 1 aliphatic rings. The van der Waals surface area contributed by atoms with Gasteiger partial charge in [0.15, 0.2) is 9.84 Å². The number of aromatic nitrogens is 2. The van der Waals surface area contributed by atoms with Crippen LogP contribution in [-0.4, -0.2) is 48.9 Å². The fraction of sp³-hybridized carbons (Fsp3) is 0.250. The Morgan fingerprint density at radius 1 is 1.14 bits per heavy atom. The maximum Gasteiger partial charge on any atom is 0.255 e. The van der Waals surface area contributed by atoms with Gasteiger partial charge in [-0.2, -0.15) is 0 Å². The number of fused-ring (bicyclic) bond motifs is 1. The molecule has 2 aromatic heterocycles. The van der Waals surface area contributed by atoms with Crippen LogP contribution in [-0.2, 0) is 9.84 Å². The largest absolute Gasteiger partial charge is 0.356 e. The summed E-state index contributed by atoms with van der Waals surface area (Å²) >= 11 is 0. The van der Waals surface area contributed by atoms with Crippen LogP contribution in [0.3, 0.4) is 0 Å². The number of benzene rings is 1. The van der Waals surface area contributed by atoms with E-state index in [-0.39, 0.29) is 23.5 Å². The van der Waals surface area contributed by atoms with Crippen molar-refractivity contribution in [1.29, 1.82) is 0 Å². The monoisotopic (exact) mass is 396 g/mol. The number of rotatable bonds is 4. The van der Waals surface area contributed by atoms with Crippen molar-refractivity contribution in [1.82, 2.24) is 9.97 Å². The van der Waals surface area contributed by atoms with Crippen molar-refractivity contribution in [2.45, 2.75) is 12.5 Å². The maximum absolute atomic E-state index is 12.8. The van der Waals surface area contributed by atoms with Crippen LogP contribution in [0.2, 0.25) is 0 Å². The molecule has 3 heterocycles. The predicted molar refractivity (Wildman–Crippen MR) is 109 cm³/mol. The second-order valence-corrected chi connectivity index (χ2v) is 9.13. The van der Waals surface area contributed by atoms with E-state index in [0.29, 0.717) is 23.5 Å². The summed E-state index contributed by atoms with van der Waals surface area (Å²) in [4.78, 5) is 23.3. The molecule has 1 aromatic carbocycles. The van der Waals surface area contributed by atoms with Crippen molar-refractivity contribution in [3.8, 4) is 0 Å². The quantitative estimate of drug-likeness (QED) is 0.728. The van der Waals surface area contributed by atoms with E-state index in [4.69, 9.17) is 0 Å². The van der Waals surface area contributed by atoms with Crippen molar-refractivity contribution < 1.29 is 13.2 Å². The second-order valence-electron chi connectivity index (χ2n) is 6.91. The normalized spacial score (nSPS) is 18.1. The second kappa shape index (κ2) is 7.20. The van der Waals surface area contributed by atoms with Gasteiger partial charge in [0.1, 0.15) is 5.82 Å². The molecule has 7 nitrogen and oxygen atoms in total. The number of hydrogen-bond donors (Lipinski definition) is 1. The standard InChI is InChI=1S/C20H20N4O3S/c1-24(16-8-11-28(26,27)13-16)18-12-15(7-10-21-18)20(25)23-17-6-2-4-14-5-3-9-22-19(14)17/h2-7,9-10,12,16H,8,11,13H2,1H3,(H,23,25). The number of nitrogens with zero attached hydrogens (tertiary/aromatic N) is 3. The Hall–Kier alpha value is -3.00. The Bertz CT molecular complexity index is 1140. The van der Waals surface area contributed by atoms with Crippen molar-refractivity contribution in [3.63, 3.8) is 0 Å². The number of para-hydroxylation sites is 1. The molecule has 4 rings (SSSR count). The van der Waals surface area contributed by atoms with E-state index in [1.807, 2.05) is 42.3 Å². The highest BCUT2D eigenvalue weighted by Crippen LogP contribution is 2.24. The summed E-state index contributed by atoms with van der Waals surface area (Å²) in [5, 5.41) is 3.85. The lowest BCUT2D eigenvalue weighted by Gasteiger charge is -2.24. The van der Waals surface area contributed by atoms with Crippen LogP contribution in [0, 0.1) is 0 Å². The third kappa shape index (κ3) is 3.68. The molecule has 0 bridgehead atoms. The Morgan fingerprint density at radius 2 is 1.96 bits per heavy atom. The summed E-state index contributed by atoms with van der Waals surface area (Å²) in [6.07, 6.45) is 3.82. The molecule has 0 aliphatic carbocycles. The molecule has 144 valence electrons. The number of carbonyl (C=O) groups is 1. The smallest absolute Gasteiger partial charge is 0.255 e. The zero-order chi connectivity index (χ0) is 19.7. The first-order chi connectivity index (χ1) is 13.4. The van der Waals surface area contributed by atoms with Gasteiger partial charge in [0, 0.05) is 36.4 Å². The lowest BCUT2D eigenvalue weighted by molar-refractivity contribution is 0.102. The first-order valence-electron chi connectivity index (χ1n) is 8.97. The van der Waals surface area contributed by atoms with E-state index < -0.39 is 9.84 Å². The first kappa shape index (κ1) is 18.4. The molecule has 1 unspecified atom stereocenters. The average molecular weight is 396 g/mol. The van der Waals surface area contributed by atoms with Crippen molar-refractivity contribution >= 4 is 38.2 Å². The number of sulfone groups is 1. The molecular weight excluding hydrogens is 376 g/mol. The summed E-state index contributed by atoms with van der Waals surface area (Å²) in [5.41, 5.74) is 1.81. The van der Waals surface area contributed by atoms with Gasteiger partial charge in [0.2, 0.25) is 0 Å². The van der Waals surface area contributed by atoms with Gasteiger partial charge >= 0.3 is 0 Å². The zero-order valence-corrected chi connectivity index (χ0v) is 16.2. The predicted octanol–water partition coefficient (Wildman–Crippen LogP) is 2.51. The number of anilines is 2. The van der Waals surface area contributed by atoms with E-state index in [9.17, 15) is 13.2 Å². The van der Waals surface area contributed by atoms with Gasteiger partial charge in [-0.3, -0.25) is 9.78 Å². The molecule has 1 N–H and O–H groups in total. The highest BCUT2D eigenvalue weighted by molar-refractivity contribution is 7.91. The fourth-order valence-electron chi connectivity index (χ4n) is 3.42. The van der Waals surface area contributed by atoms with Crippen LogP contribution >= 0.6 is 0 Å². The highest BCUT2D eigenvalue weighted by atomic mass is 32.2. The summed E-state index contributed by atoms with van der Waals surface area (Å²) in [6, 6.07) is 12.6. The van der Waals surface area contributed by atoms with E-state index in [1.165, 1.54) is 0 Å². The minimum atomic E-state index is -2.99. The third-order valence-electron chi connectivity index (χ3n) is 5.01. The van der Waals surface area contributed by atoms with Gasteiger partial charge in [-0.1, -0.05) is 18.2 Å². The Balaban J connectivity index is 1.56. The Labute approximate surface area is 163 Å². The fourth-order valence-corrected chi connectivity index (χ4v) is 5.19. The molecule has 1 fully saturated rings. The van der Waals surface area contributed by atoms with Crippen LogP contribution < -0.4 is 10.2 Å². The van der Waals surface area contributed by atoms with Crippen LogP contribution in [0.4, 0.5) is 11.5 Å². The molecule has 1 atom stereocenters.